The minimum Gasteiger partial charge on any atom is -0.351 e. The van der Waals surface area contributed by atoms with E-state index in [1.54, 1.807) is 23.4 Å². The largest absolute Gasteiger partial charge is 0.351 e. The maximum Gasteiger partial charge on any atom is 0.314 e. The lowest BCUT2D eigenvalue weighted by Crippen LogP contribution is -2.63. The van der Waals surface area contributed by atoms with Crippen LogP contribution in [0.15, 0.2) is 36.7 Å². The van der Waals surface area contributed by atoms with Gasteiger partial charge in [0.25, 0.3) is 0 Å². The monoisotopic (exact) mass is 591 g/mol. The summed E-state index contributed by atoms with van der Waals surface area (Å²) in [5.41, 5.74) is 9.70. The molecule has 2 saturated heterocycles. The van der Waals surface area contributed by atoms with Crippen molar-refractivity contribution < 1.29 is 14.0 Å². The number of piperazine rings is 2. The van der Waals surface area contributed by atoms with Crippen molar-refractivity contribution in [3.05, 3.63) is 59.3 Å². The second-order valence-corrected chi connectivity index (χ2v) is 13.1. The Bertz CT molecular complexity index is 1510. The van der Waals surface area contributed by atoms with Gasteiger partial charge >= 0.3 is 6.03 Å². The number of carbonyl (C=O) groups excluding carboxylic acids is 2. The van der Waals surface area contributed by atoms with E-state index in [9.17, 15) is 14.0 Å². The van der Waals surface area contributed by atoms with Crippen LogP contribution in [0.2, 0.25) is 0 Å². The van der Waals surface area contributed by atoms with Gasteiger partial charge in [0.15, 0.2) is 5.65 Å². The molecule has 3 N–H and O–H groups in total. The van der Waals surface area contributed by atoms with Crippen molar-refractivity contribution in [3.63, 3.8) is 0 Å². The van der Waals surface area contributed by atoms with Crippen LogP contribution in [0.3, 0.4) is 0 Å². The molecule has 1 aromatic carbocycles. The van der Waals surface area contributed by atoms with Gasteiger partial charge in [-0.15, -0.1) is 0 Å². The first-order chi connectivity index (χ1) is 20.5. The van der Waals surface area contributed by atoms with Crippen LogP contribution in [0.1, 0.15) is 44.5 Å². The number of rotatable bonds is 6. The molecule has 230 valence electrons. The molecule has 3 amide bonds. The molecule has 3 aromatic rings. The summed E-state index contributed by atoms with van der Waals surface area (Å²) in [7, 11) is 0. The van der Waals surface area contributed by atoms with Crippen LogP contribution >= 0.6 is 0 Å². The molecule has 3 atom stereocenters. The quantitative estimate of drug-likeness (QED) is 0.450. The Labute approximate surface area is 251 Å². The van der Waals surface area contributed by atoms with Crippen LogP contribution in [0.25, 0.3) is 5.65 Å². The van der Waals surface area contributed by atoms with E-state index in [0.717, 1.165) is 54.3 Å². The van der Waals surface area contributed by atoms with Crippen LogP contribution < -0.4 is 16.0 Å². The number of aromatic nitrogens is 3. The predicted molar refractivity (Wildman–Crippen MR) is 163 cm³/mol. The number of nitrogens with one attached hydrogen (secondary N) is 1. The fraction of sp³-hybridized carbons (Fsp3) is 0.548. The van der Waals surface area contributed by atoms with Crippen LogP contribution in [0.4, 0.5) is 14.9 Å². The zero-order chi connectivity index (χ0) is 30.5. The Hall–Kier alpha value is -3.61. The summed E-state index contributed by atoms with van der Waals surface area (Å²) < 4.78 is 15.5. The minimum absolute atomic E-state index is 0.0599. The van der Waals surface area contributed by atoms with E-state index in [2.05, 4.69) is 59.0 Å². The molecule has 5 heterocycles. The molecule has 0 saturated carbocycles. The van der Waals surface area contributed by atoms with Crippen molar-refractivity contribution in [1.29, 1.82) is 0 Å². The highest BCUT2D eigenvalue weighted by atomic mass is 19.1. The summed E-state index contributed by atoms with van der Waals surface area (Å²) in [5.74, 6) is -0.212. The molecule has 3 aliphatic rings. The van der Waals surface area contributed by atoms with Gasteiger partial charge in [0.05, 0.1) is 17.9 Å². The van der Waals surface area contributed by atoms with E-state index in [0.29, 0.717) is 32.6 Å². The summed E-state index contributed by atoms with van der Waals surface area (Å²) >= 11 is 0. The standard InChI is InChI=1S/C31H42FN9O2/c1-20-14-39(25(13-34-20)16-37-9-10-38(30(33)43)15-21(37)2)17-27(42)40-18-31(3,4)28-26(40)12-23(29-35-19-36-41(28)29)11-22-5-7-24(32)8-6-22/h5-8,12,19-21,25,34H,9-11,13-18H2,1-4H3,(H2,33,43)/t20-,21-,25-/m1/s1. The topological polar surface area (TPSA) is 115 Å². The lowest BCUT2D eigenvalue weighted by Gasteiger charge is -2.45. The lowest BCUT2D eigenvalue weighted by atomic mass is 9.90. The Morgan fingerprint density at radius 3 is 2.60 bits per heavy atom. The smallest absolute Gasteiger partial charge is 0.314 e. The van der Waals surface area contributed by atoms with Crippen molar-refractivity contribution in [2.24, 2.45) is 5.73 Å². The number of nitrogens with two attached hydrogens (primary N) is 1. The number of pyridine rings is 1. The SMILES string of the molecule is C[C@@H]1CN(CC(=O)N2CC(C)(C)c3c2cc(Cc2ccc(F)cc2)c2ncnn32)[C@@H](CN2CCN(C(N)=O)C[C@H]2C)CN1. The molecule has 11 nitrogen and oxygen atoms in total. The molecule has 0 bridgehead atoms. The molecular weight excluding hydrogens is 549 g/mol. The molecule has 12 heteroatoms. The maximum atomic E-state index is 14.2. The van der Waals surface area contributed by atoms with Gasteiger partial charge in [0, 0.05) is 81.3 Å². The highest BCUT2D eigenvalue weighted by molar-refractivity contribution is 5.97. The average Bonchev–Trinajstić information content (AvgIpc) is 3.54. The number of anilines is 1. The Morgan fingerprint density at radius 2 is 1.88 bits per heavy atom. The van der Waals surface area contributed by atoms with E-state index in [1.165, 1.54) is 12.1 Å². The first-order valence-electron chi connectivity index (χ1n) is 15.2. The third kappa shape index (κ3) is 5.83. The molecule has 0 spiro atoms. The molecule has 6 rings (SSSR count). The first-order valence-corrected chi connectivity index (χ1v) is 15.2. The van der Waals surface area contributed by atoms with Crippen molar-refractivity contribution in [1.82, 2.24) is 34.6 Å². The molecule has 0 radical (unpaired) electrons. The summed E-state index contributed by atoms with van der Waals surface area (Å²) in [5, 5.41) is 8.17. The fourth-order valence-corrected chi connectivity index (χ4v) is 7.00. The fourth-order valence-electron chi connectivity index (χ4n) is 7.00. The number of primary amides is 1. The van der Waals surface area contributed by atoms with Gasteiger partial charge in [-0.05, 0) is 37.6 Å². The van der Waals surface area contributed by atoms with Gasteiger partial charge in [-0.3, -0.25) is 14.6 Å². The van der Waals surface area contributed by atoms with E-state index >= 15 is 0 Å². The van der Waals surface area contributed by atoms with Gasteiger partial charge < -0.3 is 20.9 Å². The summed E-state index contributed by atoms with van der Waals surface area (Å²) in [6.45, 7) is 13.8. The van der Waals surface area contributed by atoms with Crippen LogP contribution in [-0.4, -0.2) is 112 Å². The number of hydrogen-bond acceptors (Lipinski definition) is 7. The molecule has 2 fully saturated rings. The third-order valence-electron chi connectivity index (χ3n) is 9.28. The van der Waals surface area contributed by atoms with Gasteiger partial charge in [-0.2, -0.15) is 5.10 Å². The zero-order valence-corrected chi connectivity index (χ0v) is 25.5. The zero-order valence-electron chi connectivity index (χ0n) is 25.5. The van der Waals surface area contributed by atoms with Crippen LogP contribution in [0.5, 0.6) is 0 Å². The van der Waals surface area contributed by atoms with Crippen LogP contribution in [0, 0.1) is 5.82 Å². The number of hydrogen-bond donors (Lipinski definition) is 2. The average molecular weight is 592 g/mol. The van der Waals surface area contributed by atoms with Gasteiger partial charge in [0.1, 0.15) is 12.1 Å². The van der Waals surface area contributed by atoms with Crippen molar-refractivity contribution >= 4 is 23.3 Å². The van der Waals surface area contributed by atoms with Crippen LogP contribution in [-0.2, 0) is 16.6 Å². The third-order valence-corrected chi connectivity index (χ3v) is 9.28. The molecule has 2 aromatic heterocycles. The number of amides is 3. The van der Waals surface area contributed by atoms with Crippen molar-refractivity contribution in [2.75, 3.05) is 57.3 Å². The summed E-state index contributed by atoms with van der Waals surface area (Å²) in [4.78, 5) is 38.8. The van der Waals surface area contributed by atoms with E-state index < -0.39 is 0 Å². The second-order valence-electron chi connectivity index (χ2n) is 13.1. The van der Waals surface area contributed by atoms with E-state index in [-0.39, 0.29) is 41.3 Å². The normalized spacial score (nSPS) is 24.4. The molecule has 3 aliphatic heterocycles. The van der Waals surface area contributed by atoms with Gasteiger partial charge in [-0.1, -0.05) is 26.0 Å². The molecule has 0 unspecified atom stereocenters. The summed E-state index contributed by atoms with van der Waals surface area (Å²) in [6.07, 6.45) is 2.11. The Balaban J connectivity index is 1.24. The minimum atomic E-state index is -0.371. The predicted octanol–water partition coefficient (Wildman–Crippen LogP) is 1.83. The van der Waals surface area contributed by atoms with Crippen molar-refractivity contribution in [2.45, 2.75) is 57.7 Å². The molecule has 43 heavy (non-hydrogen) atoms. The highest BCUT2D eigenvalue weighted by Gasteiger charge is 2.42. The van der Waals surface area contributed by atoms with Gasteiger partial charge in [-0.25, -0.2) is 18.7 Å². The molecular formula is C31H42FN9O2. The van der Waals surface area contributed by atoms with E-state index in [4.69, 9.17) is 5.73 Å². The number of fused-ring (bicyclic) bond motifs is 3. The number of carbonyl (C=O) groups is 2. The van der Waals surface area contributed by atoms with Gasteiger partial charge in [0.2, 0.25) is 5.91 Å². The van der Waals surface area contributed by atoms with Crippen molar-refractivity contribution in [3.8, 4) is 0 Å². The number of urea groups is 1. The lowest BCUT2D eigenvalue weighted by molar-refractivity contribution is -0.121. The second kappa shape index (κ2) is 11.5. The Kier molecular flexibility index (Phi) is 7.86. The van der Waals surface area contributed by atoms with E-state index in [1.807, 2.05) is 9.42 Å². The Morgan fingerprint density at radius 1 is 1.12 bits per heavy atom. The number of benzene rings is 1. The first kappa shape index (κ1) is 29.5. The number of nitrogens with zero attached hydrogens (tertiary/aromatic N) is 7. The highest BCUT2D eigenvalue weighted by Crippen LogP contribution is 2.42. The summed E-state index contributed by atoms with van der Waals surface area (Å²) in [6, 6.07) is 8.81. The molecule has 0 aliphatic carbocycles. The number of halogens is 1. The maximum absolute atomic E-state index is 14.2.